The van der Waals surface area contributed by atoms with E-state index in [9.17, 15) is 0 Å². The third kappa shape index (κ3) is 3.67. The van der Waals surface area contributed by atoms with Crippen LogP contribution in [0, 0.1) is 0 Å². The highest BCUT2D eigenvalue weighted by Gasteiger charge is 2.23. The second kappa shape index (κ2) is 7.49. The number of rotatable bonds is 5. The van der Waals surface area contributed by atoms with E-state index < -0.39 is 0 Å². The first-order chi connectivity index (χ1) is 13.3. The van der Waals surface area contributed by atoms with E-state index in [1.165, 1.54) is 4.70 Å². The number of hydrogen-bond donors (Lipinski definition) is 0. The summed E-state index contributed by atoms with van der Waals surface area (Å²) < 4.78 is 8.88. The molecule has 4 heterocycles. The largest absolute Gasteiger partial charge is 0.376 e. The lowest BCUT2D eigenvalue weighted by atomic mass is 10.2. The second-order valence-electron chi connectivity index (χ2n) is 7.14. The van der Waals surface area contributed by atoms with Crippen LogP contribution in [0.3, 0.4) is 0 Å². The van der Waals surface area contributed by atoms with Crippen molar-refractivity contribution >= 4 is 26.7 Å². The van der Waals surface area contributed by atoms with E-state index in [-0.39, 0.29) is 6.10 Å². The fourth-order valence-electron chi connectivity index (χ4n) is 3.75. The van der Waals surface area contributed by atoms with E-state index in [1.54, 1.807) is 11.3 Å². The van der Waals surface area contributed by atoms with Crippen LogP contribution in [-0.2, 0) is 17.8 Å². The van der Waals surface area contributed by atoms with E-state index in [0.717, 1.165) is 75.2 Å². The third-order valence-electron chi connectivity index (χ3n) is 5.30. The van der Waals surface area contributed by atoms with Crippen molar-refractivity contribution in [1.29, 1.82) is 0 Å². The molecular formula is C18H23N7OS. The van der Waals surface area contributed by atoms with Gasteiger partial charge in [0.25, 0.3) is 0 Å². The van der Waals surface area contributed by atoms with Gasteiger partial charge < -0.3 is 9.64 Å². The lowest BCUT2D eigenvalue weighted by Crippen LogP contribution is -2.46. The molecule has 2 fully saturated rings. The molecule has 3 aromatic rings. The van der Waals surface area contributed by atoms with Crippen molar-refractivity contribution in [2.45, 2.75) is 32.0 Å². The monoisotopic (exact) mass is 385 g/mol. The quantitative estimate of drug-likeness (QED) is 0.663. The molecule has 5 rings (SSSR count). The molecule has 0 saturated carbocycles. The summed E-state index contributed by atoms with van der Waals surface area (Å²) in [6, 6.07) is 8.34. The number of piperazine rings is 1. The van der Waals surface area contributed by atoms with Gasteiger partial charge in [-0.3, -0.25) is 4.90 Å². The van der Waals surface area contributed by atoms with Crippen LogP contribution in [0.15, 0.2) is 24.3 Å². The smallest absolute Gasteiger partial charge is 0.186 e. The van der Waals surface area contributed by atoms with Gasteiger partial charge in [-0.1, -0.05) is 23.5 Å². The normalized spacial score (nSPS) is 21.3. The Kier molecular flexibility index (Phi) is 4.73. The summed E-state index contributed by atoms with van der Waals surface area (Å²) in [6.45, 7) is 6.34. The molecule has 2 saturated heterocycles. The van der Waals surface area contributed by atoms with Crippen molar-refractivity contribution < 1.29 is 4.74 Å². The Morgan fingerprint density at radius 3 is 2.85 bits per heavy atom. The second-order valence-corrected chi connectivity index (χ2v) is 8.15. The highest BCUT2D eigenvalue weighted by molar-refractivity contribution is 7.22. The Bertz CT molecular complexity index is 863. The number of ether oxygens (including phenoxy) is 1. The molecule has 2 aromatic heterocycles. The van der Waals surface area contributed by atoms with Crippen LogP contribution in [0.4, 0.5) is 5.13 Å². The third-order valence-corrected chi connectivity index (χ3v) is 6.39. The number of thiazole rings is 1. The number of fused-ring (bicyclic) bond motifs is 1. The predicted molar refractivity (Wildman–Crippen MR) is 104 cm³/mol. The van der Waals surface area contributed by atoms with Gasteiger partial charge in [0.15, 0.2) is 11.0 Å². The molecule has 0 N–H and O–H groups in total. The van der Waals surface area contributed by atoms with Gasteiger partial charge in [-0.2, -0.15) is 0 Å². The van der Waals surface area contributed by atoms with Gasteiger partial charge in [-0.25, -0.2) is 9.67 Å². The lowest BCUT2D eigenvalue weighted by Gasteiger charge is -2.34. The van der Waals surface area contributed by atoms with E-state index >= 15 is 0 Å². The average molecular weight is 385 g/mol. The molecule has 1 aromatic carbocycles. The van der Waals surface area contributed by atoms with Gasteiger partial charge in [0, 0.05) is 32.8 Å². The first-order valence-electron chi connectivity index (χ1n) is 9.55. The van der Waals surface area contributed by atoms with Gasteiger partial charge in [0.2, 0.25) is 0 Å². The van der Waals surface area contributed by atoms with Crippen LogP contribution >= 0.6 is 11.3 Å². The molecule has 0 aliphatic carbocycles. The van der Waals surface area contributed by atoms with Crippen LogP contribution in [0.25, 0.3) is 10.2 Å². The summed E-state index contributed by atoms with van der Waals surface area (Å²) in [7, 11) is 0. The maximum atomic E-state index is 5.72. The number of anilines is 1. The Labute approximate surface area is 161 Å². The molecule has 0 bridgehead atoms. The summed E-state index contributed by atoms with van der Waals surface area (Å²) in [4.78, 5) is 9.59. The van der Waals surface area contributed by atoms with Crippen molar-refractivity contribution in [3.05, 3.63) is 30.1 Å². The van der Waals surface area contributed by atoms with Crippen molar-refractivity contribution in [1.82, 2.24) is 30.1 Å². The van der Waals surface area contributed by atoms with Crippen molar-refractivity contribution in [2.24, 2.45) is 0 Å². The molecule has 27 heavy (non-hydrogen) atoms. The molecule has 0 spiro atoms. The molecule has 8 nitrogen and oxygen atoms in total. The number of nitrogens with zero attached hydrogens (tertiary/aromatic N) is 7. The van der Waals surface area contributed by atoms with Crippen LogP contribution in [-0.4, -0.2) is 69.0 Å². The van der Waals surface area contributed by atoms with Crippen LogP contribution in [0.1, 0.15) is 18.7 Å². The van der Waals surface area contributed by atoms with Crippen molar-refractivity contribution in [3.63, 3.8) is 0 Å². The van der Waals surface area contributed by atoms with Gasteiger partial charge >= 0.3 is 0 Å². The van der Waals surface area contributed by atoms with Crippen molar-refractivity contribution in [3.8, 4) is 0 Å². The maximum absolute atomic E-state index is 5.72. The predicted octanol–water partition coefficient (Wildman–Crippen LogP) is 1.78. The lowest BCUT2D eigenvalue weighted by molar-refractivity contribution is 0.0916. The molecule has 9 heteroatoms. The molecule has 0 amide bonds. The highest BCUT2D eigenvalue weighted by Crippen LogP contribution is 2.29. The van der Waals surface area contributed by atoms with Crippen LogP contribution in [0.2, 0.25) is 0 Å². The first kappa shape index (κ1) is 17.0. The maximum Gasteiger partial charge on any atom is 0.186 e. The minimum Gasteiger partial charge on any atom is -0.376 e. The Morgan fingerprint density at radius 1 is 1.15 bits per heavy atom. The molecule has 2 aliphatic rings. The van der Waals surface area contributed by atoms with E-state index in [4.69, 9.17) is 9.72 Å². The minimum atomic E-state index is 0.253. The van der Waals surface area contributed by atoms with Crippen LogP contribution < -0.4 is 4.90 Å². The minimum absolute atomic E-state index is 0.253. The Balaban J connectivity index is 1.19. The van der Waals surface area contributed by atoms with Crippen LogP contribution in [0.5, 0.6) is 0 Å². The summed E-state index contributed by atoms with van der Waals surface area (Å²) in [6.07, 6.45) is 2.49. The molecule has 0 radical (unpaired) electrons. The average Bonchev–Trinajstić information content (AvgIpc) is 3.44. The summed E-state index contributed by atoms with van der Waals surface area (Å²) >= 11 is 1.78. The number of hydrogen-bond acceptors (Lipinski definition) is 8. The fraction of sp³-hybridized carbons (Fsp3) is 0.556. The van der Waals surface area contributed by atoms with Crippen molar-refractivity contribution in [2.75, 3.05) is 37.7 Å². The molecular weight excluding hydrogens is 362 g/mol. The number of aromatic nitrogens is 5. The molecule has 142 valence electrons. The summed E-state index contributed by atoms with van der Waals surface area (Å²) in [5.41, 5.74) is 1.09. The Hall–Kier alpha value is -2.10. The number of tetrazole rings is 1. The molecule has 1 atom stereocenters. The fourth-order valence-corrected chi connectivity index (χ4v) is 4.77. The summed E-state index contributed by atoms with van der Waals surface area (Å²) in [5, 5.41) is 13.4. The van der Waals surface area contributed by atoms with Gasteiger partial charge in [-0.15, -0.1) is 5.10 Å². The molecule has 0 unspecified atom stereocenters. The summed E-state index contributed by atoms with van der Waals surface area (Å²) in [5.74, 6) is 0.930. The van der Waals surface area contributed by atoms with Gasteiger partial charge in [0.05, 0.1) is 29.4 Å². The van der Waals surface area contributed by atoms with Gasteiger partial charge in [0.1, 0.15) is 0 Å². The standard InChI is InChI=1S/C18H23N7OS/c1-2-6-16-15(5-1)19-18(27-16)24-9-7-23(8-10-24)13-17-20-21-22-25(17)12-14-4-3-11-26-14/h1-2,5-6,14H,3-4,7-13H2/t14-/m1/s1. The van der Waals surface area contributed by atoms with E-state index in [2.05, 4.69) is 43.5 Å². The topological polar surface area (TPSA) is 72.2 Å². The van der Waals surface area contributed by atoms with E-state index in [1.807, 2.05) is 10.7 Å². The van der Waals surface area contributed by atoms with E-state index in [0.29, 0.717) is 0 Å². The zero-order chi connectivity index (χ0) is 18.1. The number of para-hydroxylation sites is 1. The molecule has 2 aliphatic heterocycles. The SMILES string of the molecule is c1ccc2sc(N3CCN(Cc4nnnn4C[C@H]4CCCO4)CC3)nc2c1. The number of benzene rings is 1. The van der Waals surface area contributed by atoms with Gasteiger partial charge in [-0.05, 0) is 35.4 Å². The zero-order valence-electron chi connectivity index (χ0n) is 15.2. The Morgan fingerprint density at radius 2 is 2.04 bits per heavy atom. The highest BCUT2D eigenvalue weighted by atomic mass is 32.1. The zero-order valence-corrected chi connectivity index (χ0v) is 16.0. The first-order valence-corrected chi connectivity index (χ1v) is 10.4.